The van der Waals surface area contributed by atoms with Crippen molar-refractivity contribution in [1.82, 2.24) is 20.5 Å². The Hall–Kier alpha value is -3.67. The highest BCUT2D eigenvalue weighted by Crippen LogP contribution is 2.31. The summed E-state index contributed by atoms with van der Waals surface area (Å²) in [7, 11) is 3.23. The van der Waals surface area contributed by atoms with E-state index < -0.39 is 36.0 Å². The van der Waals surface area contributed by atoms with Crippen LogP contribution in [0.25, 0.3) is 0 Å². The second-order valence-corrected chi connectivity index (χ2v) is 12.5. The predicted molar refractivity (Wildman–Crippen MR) is 168 cm³/mol. The first-order chi connectivity index (χ1) is 20.2. The summed E-state index contributed by atoms with van der Waals surface area (Å²) in [5, 5.41) is 16.9. The van der Waals surface area contributed by atoms with Gasteiger partial charge in [0.15, 0.2) is 6.10 Å². The number of nitrogens with one attached hydrogen (secondary N) is 2. The minimum atomic E-state index is -0.950. The number of aliphatic carboxylic acids is 1. The lowest BCUT2D eigenvalue weighted by Gasteiger charge is -2.34. The van der Waals surface area contributed by atoms with Gasteiger partial charge in [0, 0.05) is 50.1 Å². The SMILES string of the molecule is CC[C@H](C)CC(=O)N(C)C(C[C@@H](OC(=O)NC)c1nc(C(=O)N[C@@H](Cc2ccc(N)cc2)C[C@H](C)C(=O)O)cs1)C(C)C. The highest BCUT2D eigenvalue weighted by Gasteiger charge is 2.32. The molecule has 0 saturated heterocycles. The lowest BCUT2D eigenvalue weighted by molar-refractivity contribution is -0.141. The number of amides is 3. The molecule has 0 aliphatic rings. The number of alkyl carbamates (subject to hydrolysis) is 1. The third-order valence-electron chi connectivity index (χ3n) is 7.68. The second kappa shape index (κ2) is 16.8. The topological polar surface area (TPSA) is 164 Å². The van der Waals surface area contributed by atoms with Crippen LogP contribution in [-0.4, -0.2) is 65.0 Å². The van der Waals surface area contributed by atoms with Crippen molar-refractivity contribution in [1.29, 1.82) is 0 Å². The molecule has 0 bridgehead atoms. The molecule has 12 heteroatoms. The van der Waals surface area contributed by atoms with Crippen molar-refractivity contribution in [2.75, 3.05) is 19.8 Å². The number of hydrogen-bond donors (Lipinski definition) is 4. The highest BCUT2D eigenvalue weighted by atomic mass is 32.1. The Kier molecular flexibility index (Phi) is 13.9. The zero-order chi connectivity index (χ0) is 32.3. The van der Waals surface area contributed by atoms with Gasteiger partial charge in [0.05, 0.1) is 5.92 Å². The van der Waals surface area contributed by atoms with Crippen molar-refractivity contribution in [3.63, 3.8) is 0 Å². The molecule has 11 nitrogen and oxygen atoms in total. The Balaban J connectivity index is 2.28. The zero-order valence-electron chi connectivity index (χ0n) is 26.3. The van der Waals surface area contributed by atoms with Gasteiger partial charge < -0.3 is 31.1 Å². The van der Waals surface area contributed by atoms with E-state index in [4.69, 9.17) is 10.5 Å². The summed E-state index contributed by atoms with van der Waals surface area (Å²) in [6, 6.07) is 6.49. The number of anilines is 1. The van der Waals surface area contributed by atoms with E-state index in [1.165, 1.54) is 18.4 Å². The fourth-order valence-corrected chi connectivity index (χ4v) is 5.55. The van der Waals surface area contributed by atoms with Gasteiger partial charge >= 0.3 is 12.1 Å². The molecule has 5 N–H and O–H groups in total. The largest absolute Gasteiger partial charge is 0.481 e. The van der Waals surface area contributed by atoms with Crippen molar-refractivity contribution < 1.29 is 29.0 Å². The molecule has 5 atom stereocenters. The number of benzene rings is 1. The van der Waals surface area contributed by atoms with E-state index in [9.17, 15) is 24.3 Å². The molecule has 1 heterocycles. The van der Waals surface area contributed by atoms with Crippen molar-refractivity contribution in [3.8, 4) is 0 Å². The van der Waals surface area contributed by atoms with Gasteiger partial charge in [-0.1, -0.05) is 53.2 Å². The molecule has 1 aromatic carbocycles. The quantitative estimate of drug-likeness (QED) is 0.194. The van der Waals surface area contributed by atoms with Crippen LogP contribution in [0.5, 0.6) is 0 Å². The summed E-state index contributed by atoms with van der Waals surface area (Å²) < 4.78 is 5.69. The van der Waals surface area contributed by atoms with Gasteiger partial charge in [0.1, 0.15) is 10.7 Å². The first-order valence-electron chi connectivity index (χ1n) is 14.7. The van der Waals surface area contributed by atoms with Crippen molar-refractivity contribution >= 4 is 40.9 Å². The molecule has 2 rings (SSSR count). The normalized spacial score (nSPS) is 14.7. The number of carboxylic acids is 1. The molecule has 1 unspecified atom stereocenters. The maximum atomic E-state index is 13.3. The molecule has 0 aliphatic carbocycles. The average Bonchev–Trinajstić information content (AvgIpc) is 3.46. The molecule has 0 aliphatic heterocycles. The smallest absolute Gasteiger partial charge is 0.407 e. The van der Waals surface area contributed by atoms with Crippen LogP contribution < -0.4 is 16.4 Å². The summed E-state index contributed by atoms with van der Waals surface area (Å²) in [6.45, 7) is 9.71. The number of nitrogens with zero attached hydrogens (tertiary/aromatic N) is 2. The number of ether oxygens (including phenoxy) is 1. The molecule has 0 radical (unpaired) electrons. The van der Waals surface area contributed by atoms with E-state index in [1.54, 1.807) is 36.4 Å². The summed E-state index contributed by atoms with van der Waals surface area (Å²) in [6.07, 6.45) is 0.821. The fourth-order valence-electron chi connectivity index (χ4n) is 4.71. The Morgan fingerprint density at radius 3 is 2.30 bits per heavy atom. The van der Waals surface area contributed by atoms with Gasteiger partial charge in [-0.3, -0.25) is 14.4 Å². The lowest BCUT2D eigenvalue weighted by Crippen LogP contribution is -2.42. The predicted octanol–water partition coefficient (Wildman–Crippen LogP) is 4.88. The first-order valence-corrected chi connectivity index (χ1v) is 15.6. The van der Waals surface area contributed by atoms with Crippen LogP contribution in [0.15, 0.2) is 29.6 Å². The Morgan fingerprint density at radius 1 is 1.09 bits per heavy atom. The minimum Gasteiger partial charge on any atom is -0.481 e. The van der Waals surface area contributed by atoms with E-state index in [0.29, 0.717) is 30.0 Å². The standard InChI is InChI=1S/C31H47N5O6S/c1-8-19(4)13-27(37)36(7)25(18(2)3)16-26(42-31(41)33-6)29-35-24(17-43-29)28(38)34-23(14-20(5)30(39)40)15-21-9-11-22(32)12-10-21/h9-12,17-20,23,25-26H,8,13-16,32H2,1-7H3,(H,33,41)(H,34,38)(H,39,40)/t19-,20-,23+,25?,26+/m0/s1. The van der Waals surface area contributed by atoms with Crippen molar-refractivity contribution in [2.24, 2.45) is 17.8 Å². The van der Waals surface area contributed by atoms with Crippen molar-refractivity contribution in [3.05, 3.63) is 45.9 Å². The number of nitrogens with two attached hydrogens (primary N) is 1. The molecule has 3 amide bonds. The van der Waals surface area contributed by atoms with Gasteiger partial charge in [0.25, 0.3) is 5.91 Å². The number of carbonyl (C=O) groups excluding carboxylic acids is 3. The van der Waals surface area contributed by atoms with Crippen LogP contribution in [0.3, 0.4) is 0 Å². The van der Waals surface area contributed by atoms with Crippen LogP contribution in [0, 0.1) is 17.8 Å². The highest BCUT2D eigenvalue weighted by molar-refractivity contribution is 7.09. The molecule has 0 saturated carbocycles. The number of nitrogen functional groups attached to an aromatic ring is 1. The van der Waals surface area contributed by atoms with Gasteiger partial charge in [-0.2, -0.15) is 0 Å². The molecule has 43 heavy (non-hydrogen) atoms. The zero-order valence-corrected chi connectivity index (χ0v) is 27.1. The monoisotopic (exact) mass is 617 g/mol. The van der Waals surface area contributed by atoms with Gasteiger partial charge in [-0.25, -0.2) is 9.78 Å². The second-order valence-electron chi connectivity index (χ2n) is 11.6. The maximum Gasteiger partial charge on any atom is 0.407 e. The summed E-state index contributed by atoms with van der Waals surface area (Å²) >= 11 is 1.19. The summed E-state index contributed by atoms with van der Waals surface area (Å²) in [5.41, 5.74) is 7.44. The third kappa shape index (κ3) is 11.2. The number of carbonyl (C=O) groups is 4. The number of hydrogen-bond acceptors (Lipinski definition) is 8. The fraction of sp³-hybridized carbons (Fsp3) is 0.581. The summed E-state index contributed by atoms with van der Waals surface area (Å²) in [4.78, 5) is 56.4. The molecule has 2 aromatic rings. The number of thiazole rings is 1. The number of carboxylic acid groups (broad SMARTS) is 1. The van der Waals surface area contributed by atoms with Crippen LogP contribution >= 0.6 is 11.3 Å². The van der Waals surface area contributed by atoms with Crippen molar-refractivity contribution in [2.45, 2.75) is 84.9 Å². The van der Waals surface area contributed by atoms with Gasteiger partial charge in [-0.15, -0.1) is 11.3 Å². The van der Waals surface area contributed by atoms with E-state index in [2.05, 4.69) is 15.6 Å². The van der Waals surface area contributed by atoms with Crippen LogP contribution in [-0.2, 0) is 20.7 Å². The first kappa shape index (κ1) is 35.5. The molecular formula is C31H47N5O6S. The van der Waals surface area contributed by atoms with E-state index >= 15 is 0 Å². The Bertz CT molecular complexity index is 1220. The number of aromatic nitrogens is 1. The van der Waals surface area contributed by atoms with E-state index in [0.717, 1.165) is 12.0 Å². The molecule has 1 aromatic heterocycles. The summed E-state index contributed by atoms with van der Waals surface area (Å²) in [5.74, 6) is -1.75. The number of rotatable bonds is 16. The Morgan fingerprint density at radius 2 is 1.74 bits per heavy atom. The molecule has 0 fully saturated rings. The molecule has 238 valence electrons. The van der Waals surface area contributed by atoms with E-state index in [-0.39, 0.29) is 35.9 Å². The van der Waals surface area contributed by atoms with Gasteiger partial charge in [-0.05, 0) is 42.4 Å². The average molecular weight is 618 g/mol. The van der Waals surface area contributed by atoms with Crippen LogP contribution in [0.4, 0.5) is 10.5 Å². The lowest BCUT2D eigenvalue weighted by atomic mass is 9.95. The van der Waals surface area contributed by atoms with Crippen LogP contribution in [0.1, 0.15) is 87.5 Å². The molecule has 0 spiro atoms. The molecular weight excluding hydrogens is 570 g/mol. The minimum absolute atomic E-state index is 0.0219. The third-order valence-corrected chi connectivity index (χ3v) is 8.61. The van der Waals surface area contributed by atoms with E-state index in [1.807, 2.05) is 39.8 Å². The van der Waals surface area contributed by atoms with Crippen LogP contribution in [0.2, 0.25) is 0 Å². The maximum absolute atomic E-state index is 13.3. The van der Waals surface area contributed by atoms with Gasteiger partial charge in [0.2, 0.25) is 5.91 Å². The Labute approximate surface area is 258 Å².